The summed E-state index contributed by atoms with van der Waals surface area (Å²) in [7, 11) is 1.73. The van der Waals surface area contributed by atoms with E-state index in [1.54, 1.807) is 7.11 Å². The van der Waals surface area contributed by atoms with E-state index in [-0.39, 0.29) is 0 Å². The highest BCUT2D eigenvalue weighted by Gasteiger charge is 2.06. The van der Waals surface area contributed by atoms with E-state index in [4.69, 9.17) is 4.74 Å². The second-order valence-electron chi connectivity index (χ2n) is 4.80. The quantitative estimate of drug-likeness (QED) is 0.472. The third-order valence-electron chi connectivity index (χ3n) is 3.39. The summed E-state index contributed by atoms with van der Waals surface area (Å²) in [6.45, 7) is 10.4. The molecule has 120 valence electrons. The minimum absolute atomic E-state index is 0.751. The molecule has 1 N–H and O–H groups in total. The molecule has 0 saturated carbocycles. The van der Waals surface area contributed by atoms with Crippen molar-refractivity contribution in [2.75, 3.05) is 45.6 Å². The summed E-state index contributed by atoms with van der Waals surface area (Å²) in [5, 5.41) is 3.42. The lowest BCUT2D eigenvalue weighted by Gasteiger charge is -2.18. The molecule has 0 aliphatic carbocycles. The van der Waals surface area contributed by atoms with E-state index in [0.29, 0.717) is 0 Å². The Bertz CT molecular complexity index is 400. The Kier molecular flexibility index (Phi) is 10.4. The molecule has 0 aliphatic heterocycles. The number of methoxy groups -OCH3 is 1. The standard InChI is InChI=1S/C16H27BrN2OS/c1-4-19(5-2)9-11-21-16-12-15(17)7-6-14(16)13-18-8-10-20-3/h6-7,12,18H,4-5,8-11,13H2,1-3H3. The SMILES string of the molecule is CCN(CC)CCSc1cc(Br)ccc1CNCCOC. The Morgan fingerprint density at radius 2 is 2.05 bits per heavy atom. The van der Waals surface area contributed by atoms with Gasteiger partial charge in [0.25, 0.3) is 0 Å². The van der Waals surface area contributed by atoms with Crippen LogP contribution in [0.4, 0.5) is 0 Å². The molecule has 21 heavy (non-hydrogen) atoms. The van der Waals surface area contributed by atoms with Gasteiger partial charge < -0.3 is 15.0 Å². The van der Waals surface area contributed by atoms with E-state index in [1.165, 1.54) is 10.5 Å². The number of halogens is 1. The van der Waals surface area contributed by atoms with E-state index < -0.39 is 0 Å². The number of hydrogen-bond acceptors (Lipinski definition) is 4. The number of ether oxygens (including phenoxy) is 1. The highest BCUT2D eigenvalue weighted by molar-refractivity contribution is 9.10. The van der Waals surface area contributed by atoms with Gasteiger partial charge in [0.2, 0.25) is 0 Å². The van der Waals surface area contributed by atoms with Crippen LogP contribution in [0.1, 0.15) is 19.4 Å². The van der Waals surface area contributed by atoms with Crippen LogP contribution < -0.4 is 5.32 Å². The normalized spacial score (nSPS) is 11.3. The van der Waals surface area contributed by atoms with Gasteiger partial charge in [0, 0.05) is 41.9 Å². The van der Waals surface area contributed by atoms with Crippen molar-refractivity contribution in [3.8, 4) is 0 Å². The molecule has 0 aliphatic rings. The predicted molar refractivity (Wildman–Crippen MR) is 96.2 cm³/mol. The number of rotatable bonds is 11. The molecule has 0 atom stereocenters. The summed E-state index contributed by atoms with van der Waals surface area (Å²) < 4.78 is 6.21. The van der Waals surface area contributed by atoms with Crippen LogP contribution in [0, 0.1) is 0 Å². The monoisotopic (exact) mass is 374 g/mol. The van der Waals surface area contributed by atoms with Gasteiger partial charge in [-0.2, -0.15) is 0 Å². The number of hydrogen-bond donors (Lipinski definition) is 1. The molecule has 0 unspecified atom stereocenters. The molecule has 0 aromatic heterocycles. The first kappa shape index (κ1) is 19.0. The molecule has 0 fully saturated rings. The Morgan fingerprint density at radius 3 is 2.71 bits per heavy atom. The summed E-state index contributed by atoms with van der Waals surface area (Å²) in [4.78, 5) is 3.82. The van der Waals surface area contributed by atoms with E-state index in [0.717, 1.165) is 49.6 Å². The molecule has 1 aromatic rings. The smallest absolute Gasteiger partial charge is 0.0587 e. The van der Waals surface area contributed by atoms with Gasteiger partial charge in [0.05, 0.1) is 6.61 Å². The molecular weight excluding hydrogens is 348 g/mol. The third kappa shape index (κ3) is 7.66. The first-order chi connectivity index (χ1) is 10.2. The first-order valence-electron chi connectivity index (χ1n) is 7.54. The van der Waals surface area contributed by atoms with Crippen molar-refractivity contribution in [3.05, 3.63) is 28.2 Å². The Labute approximate surface area is 141 Å². The molecule has 1 rings (SSSR count). The summed E-state index contributed by atoms with van der Waals surface area (Å²) in [5.74, 6) is 1.13. The van der Waals surface area contributed by atoms with Crippen LogP contribution in [0.2, 0.25) is 0 Å². The molecular formula is C16H27BrN2OS. The van der Waals surface area contributed by atoms with Gasteiger partial charge in [-0.15, -0.1) is 11.8 Å². The van der Waals surface area contributed by atoms with Crippen LogP contribution >= 0.6 is 27.7 Å². The minimum Gasteiger partial charge on any atom is -0.383 e. The van der Waals surface area contributed by atoms with Gasteiger partial charge in [-0.3, -0.25) is 0 Å². The summed E-state index contributed by atoms with van der Waals surface area (Å²) >= 11 is 5.51. The highest BCUT2D eigenvalue weighted by atomic mass is 79.9. The average Bonchev–Trinajstić information content (AvgIpc) is 2.50. The lowest BCUT2D eigenvalue weighted by atomic mass is 10.2. The van der Waals surface area contributed by atoms with Crippen LogP contribution in [-0.2, 0) is 11.3 Å². The fourth-order valence-corrected chi connectivity index (χ4v) is 3.65. The Hall–Kier alpha value is -0.0700. The zero-order chi connectivity index (χ0) is 15.5. The van der Waals surface area contributed by atoms with Crippen molar-refractivity contribution in [3.63, 3.8) is 0 Å². The Morgan fingerprint density at radius 1 is 1.29 bits per heavy atom. The van der Waals surface area contributed by atoms with Crippen LogP contribution in [0.3, 0.4) is 0 Å². The fourth-order valence-electron chi connectivity index (χ4n) is 2.03. The van der Waals surface area contributed by atoms with E-state index in [2.05, 4.69) is 58.2 Å². The first-order valence-corrected chi connectivity index (χ1v) is 9.32. The molecule has 0 bridgehead atoms. The van der Waals surface area contributed by atoms with Crippen LogP contribution in [0.25, 0.3) is 0 Å². The average molecular weight is 375 g/mol. The van der Waals surface area contributed by atoms with Gasteiger partial charge in [-0.1, -0.05) is 35.8 Å². The zero-order valence-corrected chi connectivity index (χ0v) is 15.7. The van der Waals surface area contributed by atoms with Crippen molar-refractivity contribution in [2.24, 2.45) is 0 Å². The second-order valence-corrected chi connectivity index (χ2v) is 6.85. The number of benzene rings is 1. The lowest BCUT2D eigenvalue weighted by molar-refractivity contribution is 0.199. The van der Waals surface area contributed by atoms with Crippen LogP contribution in [0.15, 0.2) is 27.6 Å². The van der Waals surface area contributed by atoms with Crippen molar-refractivity contribution in [1.82, 2.24) is 10.2 Å². The van der Waals surface area contributed by atoms with Crippen molar-refractivity contribution < 1.29 is 4.74 Å². The fraction of sp³-hybridized carbons (Fsp3) is 0.625. The highest BCUT2D eigenvalue weighted by Crippen LogP contribution is 2.26. The molecule has 3 nitrogen and oxygen atoms in total. The lowest BCUT2D eigenvalue weighted by Crippen LogP contribution is -2.25. The maximum absolute atomic E-state index is 5.06. The molecule has 0 spiro atoms. The Balaban J connectivity index is 2.51. The predicted octanol–water partition coefficient (Wildman–Crippen LogP) is 3.62. The maximum atomic E-state index is 5.06. The third-order valence-corrected chi connectivity index (χ3v) is 4.96. The second kappa shape index (κ2) is 11.5. The van der Waals surface area contributed by atoms with Crippen molar-refractivity contribution >= 4 is 27.7 Å². The largest absolute Gasteiger partial charge is 0.383 e. The van der Waals surface area contributed by atoms with Crippen LogP contribution in [-0.4, -0.2) is 50.5 Å². The topological polar surface area (TPSA) is 24.5 Å². The minimum atomic E-state index is 0.751. The molecule has 0 heterocycles. The zero-order valence-electron chi connectivity index (χ0n) is 13.3. The van der Waals surface area contributed by atoms with E-state index >= 15 is 0 Å². The number of thioether (sulfide) groups is 1. The van der Waals surface area contributed by atoms with Crippen LogP contribution in [0.5, 0.6) is 0 Å². The van der Waals surface area contributed by atoms with Gasteiger partial charge in [0.1, 0.15) is 0 Å². The van der Waals surface area contributed by atoms with E-state index in [1.807, 2.05) is 11.8 Å². The van der Waals surface area contributed by atoms with E-state index in [9.17, 15) is 0 Å². The molecule has 0 saturated heterocycles. The summed E-state index contributed by atoms with van der Waals surface area (Å²) in [6, 6.07) is 6.53. The molecule has 1 aromatic carbocycles. The van der Waals surface area contributed by atoms with Gasteiger partial charge in [0.15, 0.2) is 0 Å². The van der Waals surface area contributed by atoms with Gasteiger partial charge in [-0.05, 0) is 30.8 Å². The number of nitrogens with zero attached hydrogens (tertiary/aromatic N) is 1. The van der Waals surface area contributed by atoms with Crippen molar-refractivity contribution in [1.29, 1.82) is 0 Å². The molecule has 0 radical (unpaired) electrons. The molecule has 0 amide bonds. The summed E-state index contributed by atoms with van der Waals surface area (Å²) in [6.07, 6.45) is 0. The van der Waals surface area contributed by atoms with Gasteiger partial charge in [-0.25, -0.2) is 0 Å². The maximum Gasteiger partial charge on any atom is 0.0587 e. The summed E-state index contributed by atoms with van der Waals surface area (Å²) in [5.41, 5.74) is 1.36. The van der Waals surface area contributed by atoms with Crippen molar-refractivity contribution in [2.45, 2.75) is 25.3 Å². The van der Waals surface area contributed by atoms with Gasteiger partial charge >= 0.3 is 0 Å². The molecule has 5 heteroatoms. The number of nitrogens with one attached hydrogen (secondary N) is 1.